The van der Waals surface area contributed by atoms with Crippen LogP contribution in [0.5, 0.6) is 0 Å². The zero-order valence-corrected chi connectivity index (χ0v) is 20.1. The molecule has 0 spiro atoms. The minimum Gasteiger partial charge on any atom is -0.381 e. The molecule has 3 aliphatic rings. The van der Waals surface area contributed by atoms with Gasteiger partial charge in [0.15, 0.2) is 5.82 Å². The van der Waals surface area contributed by atoms with Gasteiger partial charge in [0, 0.05) is 51.5 Å². The van der Waals surface area contributed by atoms with Gasteiger partial charge in [0.2, 0.25) is 11.9 Å². The first kappa shape index (κ1) is 23.1. The SMILES string of the molecule is CC1NC=C(NC(=O)CN2CCOCC2)C=C1NC1NN(C)c2nc(Nc3cnn(C)c3)ncc21. The standard InChI is InChI=1S/C22H31N11O2/c1-14-18(8-15(9-23-14)26-19(34)13-33-4-6-35-7-5-33)28-20-17-11-24-22(29-21(17)32(3)30-20)27-16-10-25-31(2)12-16/h8-12,14,20,23,28,30H,4-7,13H2,1-3H3,(H,26,34)(H,24,27,29). The summed E-state index contributed by atoms with van der Waals surface area (Å²) in [5.41, 5.74) is 6.76. The van der Waals surface area contributed by atoms with Crippen LogP contribution in [-0.2, 0) is 16.6 Å². The number of fused-ring (bicyclic) bond motifs is 1. The van der Waals surface area contributed by atoms with Gasteiger partial charge in [-0.15, -0.1) is 0 Å². The van der Waals surface area contributed by atoms with Gasteiger partial charge in [-0.3, -0.25) is 19.4 Å². The van der Waals surface area contributed by atoms with Crippen molar-refractivity contribution in [2.45, 2.75) is 19.1 Å². The molecule has 2 unspecified atom stereocenters. The van der Waals surface area contributed by atoms with Crippen molar-refractivity contribution < 1.29 is 9.53 Å². The number of carbonyl (C=O) groups excluding carboxylic acids is 1. The zero-order valence-electron chi connectivity index (χ0n) is 20.1. The molecule has 5 rings (SSSR count). The average molecular weight is 482 g/mol. The molecular weight excluding hydrogens is 450 g/mol. The number of anilines is 3. The smallest absolute Gasteiger partial charge is 0.238 e. The minimum absolute atomic E-state index is 0.0403. The highest BCUT2D eigenvalue weighted by atomic mass is 16.5. The van der Waals surface area contributed by atoms with Crippen LogP contribution in [0.15, 0.2) is 42.3 Å². The molecule has 186 valence electrons. The van der Waals surface area contributed by atoms with Crippen LogP contribution in [-0.4, -0.2) is 76.5 Å². The summed E-state index contributed by atoms with van der Waals surface area (Å²) < 4.78 is 7.06. The van der Waals surface area contributed by atoms with Gasteiger partial charge in [-0.2, -0.15) is 10.1 Å². The van der Waals surface area contributed by atoms with Crippen LogP contribution >= 0.6 is 0 Å². The monoisotopic (exact) mass is 481 g/mol. The topological polar surface area (TPSA) is 137 Å². The van der Waals surface area contributed by atoms with Crippen molar-refractivity contribution in [3.63, 3.8) is 0 Å². The Labute approximate surface area is 203 Å². The summed E-state index contributed by atoms with van der Waals surface area (Å²) in [6, 6.07) is 0.0403. The van der Waals surface area contributed by atoms with Gasteiger partial charge in [-0.1, -0.05) is 0 Å². The van der Waals surface area contributed by atoms with E-state index in [1.165, 1.54) is 0 Å². The number of amides is 1. The second-order valence-corrected chi connectivity index (χ2v) is 8.79. The maximum absolute atomic E-state index is 12.5. The highest BCUT2D eigenvalue weighted by Crippen LogP contribution is 2.30. The van der Waals surface area contributed by atoms with E-state index in [9.17, 15) is 4.79 Å². The molecule has 5 N–H and O–H groups in total. The number of aryl methyl sites for hydroxylation is 1. The molecule has 2 aromatic heterocycles. The first-order chi connectivity index (χ1) is 16.9. The van der Waals surface area contributed by atoms with Crippen LogP contribution in [0.2, 0.25) is 0 Å². The first-order valence-corrected chi connectivity index (χ1v) is 11.6. The number of dihydropyridines is 1. The highest BCUT2D eigenvalue weighted by Gasteiger charge is 2.30. The van der Waals surface area contributed by atoms with E-state index in [1.807, 2.05) is 37.6 Å². The van der Waals surface area contributed by atoms with Crippen LogP contribution in [0.1, 0.15) is 18.7 Å². The van der Waals surface area contributed by atoms with E-state index in [4.69, 9.17) is 4.74 Å². The van der Waals surface area contributed by atoms with Gasteiger partial charge < -0.3 is 26.0 Å². The van der Waals surface area contributed by atoms with Crippen molar-refractivity contribution in [1.29, 1.82) is 0 Å². The summed E-state index contributed by atoms with van der Waals surface area (Å²) in [5, 5.41) is 19.0. The number of hydrogen-bond acceptors (Lipinski definition) is 11. The van der Waals surface area contributed by atoms with Crippen molar-refractivity contribution in [3.8, 4) is 0 Å². The summed E-state index contributed by atoms with van der Waals surface area (Å²) in [5.74, 6) is 1.22. The molecule has 2 aromatic rings. The van der Waals surface area contributed by atoms with E-state index < -0.39 is 0 Å². The molecule has 0 aliphatic carbocycles. The molecule has 0 saturated carbocycles. The molecule has 0 bridgehead atoms. The minimum atomic E-state index is -0.221. The lowest BCUT2D eigenvalue weighted by Gasteiger charge is -2.28. The molecule has 1 saturated heterocycles. The fourth-order valence-corrected chi connectivity index (χ4v) is 4.17. The number of ether oxygens (including phenoxy) is 1. The lowest BCUT2D eigenvalue weighted by atomic mass is 10.1. The second-order valence-electron chi connectivity index (χ2n) is 8.79. The molecular formula is C22H31N11O2. The number of hydrogen-bond donors (Lipinski definition) is 5. The Bertz CT molecular complexity index is 1140. The first-order valence-electron chi connectivity index (χ1n) is 11.6. The molecule has 0 radical (unpaired) electrons. The van der Waals surface area contributed by atoms with Gasteiger partial charge in [0.05, 0.1) is 48.9 Å². The molecule has 1 amide bonds. The second kappa shape index (κ2) is 9.90. The quantitative estimate of drug-likeness (QED) is 0.355. The summed E-state index contributed by atoms with van der Waals surface area (Å²) in [7, 11) is 3.77. The van der Waals surface area contributed by atoms with Crippen LogP contribution in [0.25, 0.3) is 0 Å². The molecule has 3 aliphatic heterocycles. The molecule has 13 nitrogen and oxygen atoms in total. The van der Waals surface area contributed by atoms with Crippen LogP contribution < -0.4 is 31.7 Å². The van der Waals surface area contributed by atoms with E-state index in [-0.39, 0.29) is 18.1 Å². The largest absolute Gasteiger partial charge is 0.381 e. The van der Waals surface area contributed by atoms with E-state index in [2.05, 4.69) is 53.6 Å². The number of morpholine rings is 1. The van der Waals surface area contributed by atoms with Crippen molar-refractivity contribution in [1.82, 2.24) is 46.0 Å². The van der Waals surface area contributed by atoms with Crippen LogP contribution in [0.3, 0.4) is 0 Å². The third-order valence-electron chi connectivity index (χ3n) is 6.04. The Balaban J connectivity index is 1.24. The van der Waals surface area contributed by atoms with Gasteiger partial charge >= 0.3 is 0 Å². The number of nitrogens with one attached hydrogen (secondary N) is 5. The van der Waals surface area contributed by atoms with Crippen molar-refractivity contribution in [2.75, 3.05) is 50.2 Å². The highest BCUT2D eigenvalue weighted by molar-refractivity contribution is 5.80. The summed E-state index contributed by atoms with van der Waals surface area (Å²) in [4.78, 5) is 23.8. The van der Waals surface area contributed by atoms with Gasteiger partial charge in [0.25, 0.3) is 0 Å². The van der Waals surface area contributed by atoms with Crippen molar-refractivity contribution in [2.24, 2.45) is 7.05 Å². The Hall–Kier alpha value is -3.68. The lowest BCUT2D eigenvalue weighted by molar-refractivity contribution is -0.122. The van der Waals surface area contributed by atoms with Crippen LogP contribution in [0.4, 0.5) is 17.5 Å². The number of carbonyl (C=O) groups is 1. The van der Waals surface area contributed by atoms with Crippen molar-refractivity contribution >= 4 is 23.4 Å². The Morgan fingerprint density at radius 2 is 2.09 bits per heavy atom. The average Bonchev–Trinajstić information content (AvgIpc) is 3.38. The zero-order chi connectivity index (χ0) is 24.4. The van der Waals surface area contributed by atoms with E-state index >= 15 is 0 Å². The van der Waals surface area contributed by atoms with E-state index in [1.54, 1.807) is 17.1 Å². The van der Waals surface area contributed by atoms with Gasteiger partial charge in [-0.05, 0) is 13.0 Å². The summed E-state index contributed by atoms with van der Waals surface area (Å²) in [6.45, 7) is 5.27. The van der Waals surface area contributed by atoms with Gasteiger partial charge in [0.1, 0.15) is 6.17 Å². The lowest BCUT2D eigenvalue weighted by Crippen LogP contribution is -2.45. The molecule has 5 heterocycles. The summed E-state index contributed by atoms with van der Waals surface area (Å²) in [6.07, 6.45) is 8.94. The molecule has 1 fully saturated rings. The van der Waals surface area contributed by atoms with Crippen LogP contribution in [0, 0.1) is 0 Å². The fourth-order valence-electron chi connectivity index (χ4n) is 4.17. The number of allylic oxidation sites excluding steroid dienone is 1. The number of nitrogens with zero attached hydrogens (tertiary/aromatic N) is 6. The third kappa shape index (κ3) is 5.37. The maximum Gasteiger partial charge on any atom is 0.238 e. The Morgan fingerprint density at radius 3 is 2.86 bits per heavy atom. The van der Waals surface area contributed by atoms with Crippen molar-refractivity contribution in [3.05, 3.63) is 47.8 Å². The van der Waals surface area contributed by atoms with E-state index in [0.29, 0.717) is 31.4 Å². The molecule has 35 heavy (non-hydrogen) atoms. The predicted octanol–water partition coefficient (Wildman–Crippen LogP) is -0.338. The van der Waals surface area contributed by atoms with E-state index in [0.717, 1.165) is 35.9 Å². The molecule has 2 atom stereocenters. The Kier molecular flexibility index (Phi) is 6.53. The molecule has 0 aromatic carbocycles. The summed E-state index contributed by atoms with van der Waals surface area (Å²) >= 11 is 0. The number of hydrazine groups is 1. The third-order valence-corrected chi connectivity index (χ3v) is 6.04. The maximum atomic E-state index is 12.5. The fraction of sp³-hybridized carbons (Fsp3) is 0.455. The number of rotatable bonds is 7. The van der Waals surface area contributed by atoms with Gasteiger partial charge in [-0.25, -0.2) is 10.4 Å². The predicted molar refractivity (Wildman–Crippen MR) is 130 cm³/mol. The Morgan fingerprint density at radius 1 is 1.26 bits per heavy atom. The normalized spacial score (nSPS) is 22.1. The number of aromatic nitrogens is 4. The molecule has 13 heteroatoms.